The number of aliphatic carboxylic acids is 1. The van der Waals surface area contributed by atoms with Crippen molar-refractivity contribution in [3.8, 4) is 0 Å². The molecular formula is C13H14O2. The Labute approximate surface area is 89.6 Å². The van der Waals surface area contributed by atoms with Crippen molar-refractivity contribution in [1.82, 2.24) is 0 Å². The number of benzene rings is 1. The van der Waals surface area contributed by atoms with Crippen LogP contribution in [0.5, 0.6) is 0 Å². The zero-order valence-corrected chi connectivity index (χ0v) is 8.73. The molecule has 0 fully saturated rings. The molecule has 0 saturated heterocycles. The number of rotatable bonds is 4. The summed E-state index contributed by atoms with van der Waals surface area (Å²) in [5, 5.41) is 8.68. The van der Waals surface area contributed by atoms with Crippen molar-refractivity contribution >= 4 is 12.0 Å². The topological polar surface area (TPSA) is 37.3 Å². The number of carboxylic acids is 1. The molecule has 0 bridgehead atoms. The first-order valence-corrected chi connectivity index (χ1v) is 4.75. The standard InChI is InChI=1S/C13H14O2/c1-3-11-5-4-6-12(9-11)8-7-10(2)13(14)15/h3-7,9H,1,8H2,2H3,(H,14,15)/b10-7+. The van der Waals surface area contributed by atoms with Crippen molar-refractivity contribution in [2.24, 2.45) is 0 Å². The normalized spacial score (nSPS) is 11.1. The molecule has 1 aromatic rings. The first kappa shape index (κ1) is 11.2. The molecular weight excluding hydrogens is 188 g/mol. The van der Waals surface area contributed by atoms with Crippen molar-refractivity contribution in [2.45, 2.75) is 13.3 Å². The van der Waals surface area contributed by atoms with Crippen LogP contribution in [0.2, 0.25) is 0 Å². The van der Waals surface area contributed by atoms with E-state index in [1.54, 1.807) is 19.1 Å². The van der Waals surface area contributed by atoms with Gasteiger partial charge in [0.2, 0.25) is 0 Å². The van der Waals surface area contributed by atoms with Crippen LogP contribution in [0, 0.1) is 0 Å². The van der Waals surface area contributed by atoms with Gasteiger partial charge in [0.05, 0.1) is 0 Å². The van der Waals surface area contributed by atoms with Gasteiger partial charge in [0.15, 0.2) is 0 Å². The largest absolute Gasteiger partial charge is 0.478 e. The molecule has 0 unspecified atom stereocenters. The molecule has 2 heteroatoms. The Kier molecular flexibility index (Phi) is 3.86. The average Bonchev–Trinajstić information content (AvgIpc) is 2.26. The molecule has 0 radical (unpaired) electrons. The summed E-state index contributed by atoms with van der Waals surface area (Å²) in [6.45, 7) is 5.28. The van der Waals surface area contributed by atoms with Gasteiger partial charge in [-0.2, -0.15) is 0 Å². The molecule has 2 nitrogen and oxygen atoms in total. The lowest BCUT2D eigenvalue weighted by Crippen LogP contribution is -1.96. The maximum absolute atomic E-state index is 10.6. The highest BCUT2D eigenvalue weighted by atomic mass is 16.4. The van der Waals surface area contributed by atoms with E-state index < -0.39 is 5.97 Å². The molecule has 1 rings (SSSR count). The highest BCUT2D eigenvalue weighted by Gasteiger charge is 1.98. The second-order valence-corrected chi connectivity index (χ2v) is 3.35. The van der Waals surface area contributed by atoms with Crippen LogP contribution >= 0.6 is 0 Å². The van der Waals surface area contributed by atoms with Crippen LogP contribution in [0.1, 0.15) is 18.1 Å². The molecule has 0 aliphatic carbocycles. The van der Waals surface area contributed by atoms with E-state index in [2.05, 4.69) is 6.58 Å². The van der Waals surface area contributed by atoms with Crippen LogP contribution in [0.4, 0.5) is 0 Å². The van der Waals surface area contributed by atoms with Crippen molar-refractivity contribution < 1.29 is 9.90 Å². The first-order chi connectivity index (χ1) is 7.13. The van der Waals surface area contributed by atoms with E-state index in [-0.39, 0.29) is 0 Å². The Morgan fingerprint density at radius 3 is 2.87 bits per heavy atom. The highest BCUT2D eigenvalue weighted by molar-refractivity contribution is 5.85. The quantitative estimate of drug-likeness (QED) is 0.762. The van der Waals surface area contributed by atoms with E-state index in [1.165, 1.54) is 0 Å². The minimum Gasteiger partial charge on any atom is -0.478 e. The maximum atomic E-state index is 10.6. The minimum absolute atomic E-state index is 0.374. The Morgan fingerprint density at radius 2 is 2.27 bits per heavy atom. The summed E-state index contributed by atoms with van der Waals surface area (Å²) in [5.41, 5.74) is 2.51. The summed E-state index contributed by atoms with van der Waals surface area (Å²) >= 11 is 0. The van der Waals surface area contributed by atoms with Crippen molar-refractivity contribution in [1.29, 1.82) is 0 Å². The summed E-state index contributed by atoms with van der Waals surface area (Å²) in [6, 6.07) is 7.87. The van der Waals surface area contributed by atoms with E-state index >= 15 is 0 Å². The second-order valence-electron chi connectivity index (χ2n) is 3.35. The zero-order valence-electron chi connectivity index (χ0n) is 8.73. The third kappa shape index (κ3) is 3.43. The van der Waals surface area contributed by atoms with Gasteiger partial charge < -0.3 is 5.11 Å². The van der Waals surface area contributed by atoms with Crippen molar-refractivity contribution in [2.75, 3.05) is 0 Å². The van der Waals surface area contributed by atoms with Gasteiger partial charge in [0.1, 0.15) is 0 Å². The van der Waals surface area contributed by atoms with E-state index in [0.29, 0.717) is 12.0 Å². The molecule has 0 amide bonds. The summed E-state index contributed by atoms with van der Waals surface area (Å²) in [4.78, 5) is 10.6. The summed E-state index contributed by atoms with van der Waals surface area (Å²) in [5.74, 6) is -0.866. The van der Waals surface area contributed by atoms with Gasteiger partial charge in [-0.25, -0.2) is 4.79 Å². The van der Waals surface area contributed by atoms with E-state index in [1.807, 2.05) is 24.3 Å². The van der Waals surface area contributed by atoms with Crippen LogP contribution < -0.4 is 0 Å². The SMILES string of the molecule is C=Cc1cccc(C/C=C(\C)C(=O)O)c1. The number of hydrogen-bond donors (Lipinski definition) is 1. The van der Waals surface area contributed by atoms with Gasteiger partial charge in [-0.3, -0.25) is 0 Å². The molecule has 1 N–H and O–H groups in total. The zero-order chi connectivity index (χ0) is 11.3. The molecule has 0 spiro atoms. The first-order valence-electron chi connectivity index (χ1n) is 4.75. The highest BCUT2D eigenvalue weighted by Crippen LogP contribution is 2.08. The fourth-order valence-corrected chi connectivity index (χ4v) is 1.21. The Balaban J connectivity index is 2.77. The van der Waals surface area contributed by atoms with Crippen molar-refractivity contribution in [3.63, 3.8) is 0 Å². The Bertz CT molecular complexity index is 403. The molecule has 0 atom stereocenters. The third-order valence-corrected chi connectivity index (χ3v) is 2.17. The van der Waals surface area contributed by atoms with Crippen LogP contribution in [0.3, 0.4) is 0 Å². The summed E-state index contributed by atoms with van der Waals surface area (Å²) < 4.78 is 0. The van der Waals surface area contributed by atoms with E-state index in [4.69, 9.17) is 5.11 Å². The molecule has 1 aromatic carbocycles. The van der Waals surface area contributed by atoms with Crippen molar-refractivity contribution in [3.05, 3.63) is 53.6 Å². The number of carboxylic acid groups (broad SMARTS) is 1. The van der Waals surface area contributed by atoms with Crippen LogP contribution in [0.15, 0.2) is 42.5 Å². The predicted molar refractivity (Wildman–Crippen MR) is 61.6 cm³/mol. The van der Waals surface area contributed by atoms with Crippen LogP contribution in [-0.4, -0.2) is 11.1 Å². The van der Waals surface area contributed by atoms with Gasteiger partial charge in [0, 0.05) is 5.57 Å². The molecule has 0 saturated carbocycles. The molecule has 0 aromatic heterocycles. The van der Waals surface area contributed by atoms with Gasteiger partial charge in [-0.05, 0) is 24.5 Å². The molecule has 0 aliphatic heterocycles. The van der Waals surface area contributed by atoms with Crippen LogP contribution in [0.25, 0.3) is 6.08 Å². The Morgan fingerprint density at radius 1 is 1.53 bits per heavy atom. The molecule has 78 valence electrons. The van der Waals surface area contributed by atoms with Gasteiger partial charge >= 0.3 is 5.97 Å². The lowest BCUT2D eigenvalue weighted by molar-refractivity contribution is -0.132. The second kappa shape index (κ2) is 5.15. The lowest BCUT2D eigenvalue weighted by atomic mass is 10.1. The van der Waals surface area contributed by atoms with E-state index in [0.717, 1.165) is 11.1 Å². The molecule has 0 heterocycles. The maximum Gasteiger partial charge on any atom is 0.330 e. The summed E-state index contributed by atoms with van der Waals surface area (Å²) in [6.07, 6.45) is 4.13. The number of allylic oxidation sites excluding steroid dienone is 1. The average molecular weight is 202 g/mol. The lowest BCUT2D eigenvalue weighted by Gasteiger charge is -1.99. The summed E-state index contributed by atoms with van der Waals surface area (Å²) in [7, 11) is 0. The fraction of sp³-hybridized carbons (Fsp3) is 0.154. The predicted octanol–water partition coefficient (Wildman–Crippen LogP) is 2.90. The smallest absolute Gasteiger partial charge is 0.330 e. The molecule has 0 aliphatic rings. The number of carbonyl (C=O) groups is 1. The van der Waals surface area contributed by atoms with Gasteiger partial charge in [0.25, 0.3) is 0 Å². The van der Waals surface area contributed by atoms with E-state index in [9.17, 15) is 4.79 Å². The monoisotopic (exact) mass is 202 g/mol. The van der Waals surface area contributed by atoms with Gasteiger partial charge in [-0.15, -0.1) is 0 Å². The fourth-order valence-electron chi connectivity index (χ4n) is 1.21. The third-order valence-electron chi connectivity index (χ3n) is 2.17. The minimum atomic E-state index is -0.866. The Hall–Kier alpha value is -1.83. The van der Waals surface area contributed by atoms with Crippen LogP contribution in [-0.2, 0) is 11.2 Å². The number of hydrogen-bond acceptors (Lipinski definition) is 1. The van der Waals surface area contributed by atoms with Gasteiger partial charge in [-0.1, -0.05) is 43.0 Å². The molecule has 15 heavy (non-hydrogen) atoms.